The van der Waals surface area contributed by atoms with E-state index >= 15 is 0 Å². The van der Waals surface area contributed by atoms with Crippen molar-refractivity contribution in [3.05, 3.63) is 10.4 Å². The van der Waals surface area contributed by atoms with E-state index in [2.05, 4.69) is 37.9 Å². The summed E-state index contributed by atoms with van der Waals surface area (Å²) in [5, 5.41) is 34.7. The molecule has 5 rings (SSSR count). The number of azo groups is 2. The summed E-state index contributed by atoms with van der Waals surface area (Å²) >= 11 is 0. The molecule has 0 aromatic carbocycles. The number of hydrogen-bond donors (Lipinski definition) is 0. The van der Waals surface area contributed by atoms with Gasteiger partial charge in [0.25, 0.3) is 0 Å². The highest BCUT2D eigenvalue weighted by molar-refractivity contribution is 5.28. The van der Waals surface area contributed by atoms with Crippen LogP contribution in [-0.4, -0.2) is 32.9 Å². The first-order valence-corrected chi connectivity index (χ1v) is 8.62. The monoisotopic (exact) mass is 304 g/mol. The van der Waals surface area contributed by atoms with Gasteiger partial charge in [-0.3, -0.25) is 0 Å². The van der Waals surface area contributed by atoms with E-state index in [1.165, 1.54) is 0 Å². The lowest BCUT2D eigenvalue weighted by atomic mass is 9.61. The van der Waals surface area contributed by atoms with Crippen molar-refractivity contribution in [3.63, 3.8) is 0 Å². The molecule has 3 aliphatic carbocycles. The van der Waals surface area contributed by atoms with Crippen LogP contribution in [0.3, 0.4) is 0 Å². The minimum atomic E-state index is -0.548. The van der Waals surface area contributed by atoms with Gasteiger partial charge in [-0.15, -0.1) is 0 Å². The van der Waals surface area contributed by atoms with Gasteiger partial charge in [0.15, 0.2) is 6.04 Å². The lowest BCUT2D eigenvalue weighted by Crippen LogP contribution is -2.55. The van der Waals surface area contributed by atoms with Crippen LogP contribution >= 0.6 is 0 Å². The quantitative estimate of drug-likeness (QED) is 0.509. The normalized spacial score (nSPS) is 60.0. The summed E-state index contributed by atoms with van der Waals surface area (Å²) in [5.74, 6) is 1.09. The van der Waals surface area contributed by atoms with E-state index in [1.807, 2.05) is 0 Å². The summed E-state index contributed by atoms with van der Waals surface area (Å²) in [6, 6.07) is 0.0561. The molecule has 120 valence electrons. The first-order valence-electron chi connectivity index (χ1n) is 8.62. The van der Waals surface area contributed by atoms with Gasteiger partial charge in [0.05, 0.1) is 17.3 Å². The van der Waals surface area contributed by atoms with Crippen molar-refractivity contribution in [2.75, 3.05) is 0 Å². The van der Waals surface area contributed by atoms with Gasteiger partial charge in [-0.05, 0) is 35.9 Å². The summed E-state index contributed by atoms with van der Waals surface area (Å²) < 4.78 is 0. The van der Waals surface area contributed by atoms with E-state index in [9.17, 15) is 10.4 Å². The van der Waals surface area contributed by atoms with Gasteiger partial charge in [0.2, 0.25) is 5.54 Å². The highest BCUT2D eigenvalue weighted by Gasteiger charge is 2.87. The van der Waals surface area contributed by atoms with Crippen LogP contribution in [0.15, 0.2) is 10.2 Å². The topological polar surface area (TPSA) is 76.9 Å². The van der Waals surface area contributed by atoms with Crippen LogP contribution in [0.25, 0.3) is 0 Å². The van der Waals surface area contributed by atoms with E-state index in [4.69, 9.17) is 0 Å². The molecular formula is C16H24N4O2. The number of hydrogen-bond acceptors (Lipinski definition) is 4. The van der Waals surface area contributed by atoms with Crippen molar-refractivity contribution in [1.29, 1.82) is 0 Å². The summed E-state index contributed by atoms with van der Waals surface area (Å²) in [7, 11) is 0. The Morgan fingerprint density at radius 2 is 1.68 bits per heavy atom. The summed E-state index contributed by atoms with van der Waals surface area (Å²) in [4.78, 5) is 2.03. The van der Waals surface area contributed by atoms with E-state index in [-0.39, 0.29) is 29.3 Å². The third-order valence-corrected chi connectivity index (χ3v) is 8.65. The van der Waals surface area contributed by atoms with Gasteiger partial charge in [0.1, 0.15) is 11.6 Å². The standard InChI is InChI=1S/C16H24N4O2/c1-14(2)15(3)11-10-12(17-20(22)16(10,14)4)8-6-5-7-9(8)13(11)19(21)18-15/h8-13H,5-7H2,1-4H3/t8-,9?,10?,11-,12-,13?,15?,16-/m0/s1. The predicted molar refractivity (Wildman–Crippen MR) is 78.1 cm³/mol. The van der Waals surface area contributed by atoms with Gasteiger partial charge < -0.3 is 10.4 Å². The fourth-order valence-electron chi connectivity index (χ4n) is 7.06. The molecule has 22 heavy (non-hydrogen) atoms. The molecule has 2 aliphatic heterocycles. The minimum Gasteiger partial charge on any atom is -0.600 e. The molecule has 3 saturated carbocycles. The maximum Gasteiger partial charge on any atom is 0.209 e. The zero-order chi connectivity index (χ0) is 15.7. The molecule has 6 heteroatoms. The average Bonchev–Trinajstić information content (AvgIpc) is 3.10. The summed E-state index contributed by atoms with van der Waals surface area (Å²) in [6.45, 7) is 8.40. The van der Waals surface area contributed by atoms with E-state index in [0.717, 1.165) is 29.0 Å². The fourth-order valence-corrected chi connectivity index (χ4v) is 7.06. The molecule has 6 nitrogen and oxygen atoms in total. The fraction of sp³-hybridized carbons (Fsp3) is 1.00. The van der Waals surface area contributed by atoms with E-state index in [1.54, 1.807) is 0 Å². The molecule has 0 spiro atoms. The minimum absolute atomic E-state index is 0.0402. The molecule has 5 aliphatic rings. The Labute approximate surface area is 130 Å². The van der Waals surface area contributed by atoms with Crippen LogP contribution < -0.4 is 0 Å². The van der Waals surface area contributed by atoms with Gasteiger partial charge in [-0.2, -0.15) is 0 Å². The Balaban J connectivity index is 1.80. The van der Waals surface area contributed by atoms with Gasteiger partial charge >= 0.3 is 0 Å². The number of hydroxylamine groups is 2. The Hall–Kier alpha value is -1.20. The average molecular weight is 304 g/mol. The van der Waals surface area contributed by atoms with Crippen molar-refractivity contribution < 1.29 is 9.72 Å². The molecular weight excluding hydrogens is 280 g/mol. The van der Waals surface area contributed by atoms with Crippen molar-refractivity contribution >= 4 is 0 Å². The predicted octanol–water partition coefficient (Wildman–Crippen LogP) is 2.90. The molecule has 8 atom stereocenters. The Kier molecular flexibility index (Phi) is 2.01. The first-order chi connectivity index (χ1) is 10.2. The SMILES string of the molecule is CC12N=[N+]([O-])C3C4CCC[C@@H]4[C@@H]4N=[N+]([O-])[C@@](C)(C4[C@@H]31)C2(C)C. The second kappa shape index (κ2) is 3.34. The Bertz CT molecular complexity index is 644. The zero-order valence-electron chi connectivity index (χ0n) is 13.7. The molecule has 3 fully saturated rings. The third kappa shape index (κ3) is 0.984. The van der Waals surface area contributed by atoms with Crippen molar-refractivity contribution in [2.24, 2.45) is 39.3 Å². The van der Waals surface area contributed by atoms with E-state index < -0.39 is 11.1 Å². The van der Waals surface area contributed by atoms with Crippen LogP contribution in [0, 0.1) is 39.5 Å². The highest BCUT2D eigenvalue weighted by Crippen LogP contribution is 2.72. The zero-order valence-corrected chi connectivity index (χ0v) is 13.7. The Morgan fingerprint density at radius 3 is 2.41 bits per heavy atom. The van der Waals surface area contributed by atoms with Gasteiger partial charge in [-0.25, -0.2) is 0 Å². The molecule has 0 saturated heterocycles. The maximum atomic E-state index is 12.8. The molecule has 0 N–H and O–H groups in total. The number of rotatable bonds is 0. The molecule has 0 bridgehead atoms. The summed E-state index contributed by atoms with van der Waals surface area (Å²) in [5.41, 5.74) is -1.37. The Morgan fingerprint density at radius 1 is 1.00 bits per heavy atom. The smallest absolute Gasteiger partial charge is 0.209 e. The molecule has 0 aromatic heterocycles. The van der Waals surface area contributed by atoms with E-state index in [0.29, 0.717) is 11.8 Å². The number of fused-ring (bicyclic) bond motifs is 3. The van der Waals surface area contributed by atoms with Crippen molar-refractivity contribution in [1.82, 2.24) is 0 Å². The van der Waals surface area contributed by atoms with Gasteiger partial charge in [0, 0.05) is 12.8 Å². The van der Waals surface area contributed by atoms with Crippen LogP contribution in [-0.2, 0) is 0 Å². The van der Waals surface area contributed by atoms with Crippen LogP contribution in [0.5, 0.6) is 0 Å². The van der Waals surface area contributed by atoms with Crippen LogP contribution in [0.4, 0.5) is 0 Å². The molecule has 4 unspecified atom stereocenters. The third-order valence-electron chi connectivity index (χ3n) is 8.65. The highest BCUT2D eigenvalue weighted by atomic mass is 16.5. The van der Waals surface area contributed by atoms with Crippen LogP contribution in [0.2, 0.25) is 0 Å². The second-order valence-corrected chi connectivity index (χ2v) is 9.00. The maximum absolute atomic E-state index is 12.8. The molecule has 0 amide bonds. The number of nitrogens with zero attached hydrogens (tertiary/aromatic N) is 4. The lowest BCUT2D eigenvalue weighted by Gasteiger charge is -2.39. The second-order valence-electron chi connectivity index (χ2n) is 9.00. The molecule has 0 aromatic rings. The largest absolute Gasteiger partial charge is 0.600 e. The lowest BCUT2D eigenvalue weighted by molar-refractivity contribution is -0.619. The molecule has 0 radical (unpaired) electrons. The molecule has 2 heterocycles. The van der Waals surface area contributed by atoms with Crippen LogP contribution in [0.1, 0.15) is 47.0 Å². The van der Waals surface area contributed by atoms with Gasteiger partial charge in [-0.1, -0.05) is 30.0 Å². The van der Waals surface area contributed by atoms with Crippen molar-refractivity contribution in [3.8, 4) is 0 Å². The first kappa shape index (κ1) is 13.3. The summed E-state index contributed by atoms with van der Waals surface area (Å²) in [6.07, 6.45) is 3.35. The van der Waals surface area contributed by atoms with Crippen molar-refractivity contribution in [2.45, 2.75) is 70.1 Å².